The molecule has 2 aromatic rings. The summed E-state index contributed by atoms with van der Waals surface area (Å²) in [6.07, 6.45) is 0. The summed E-state index contributed by atoms with van der Waals surface area (Å²) in [4.78, 5) is 13.2. The zero-order valence-corrected chi connectivity index (χ0v) is 14.4. The number of carbonyl (C=O) groups is 1. The number of nitrogens with one attached hydrogen (secondary N) is 2. The average molecular weight is 334 g/mol. The topological polar surface area (TPSA) is 42.8 Å². The van der Waals surface area contributed by atoms with Gasteiger partial charge in [0.1, 0.15) is 12.3 Å². The molecule has 2 aromatic carbocycles. The summed E-state index contributed by atoms with van der Waals surface area (Å²) in [6, 6.07) is 13.4. The lowest BCUT2D eigenvalue weighted by atomic mass is 10.2. The van der Waals surface area contributed by atoms with Crippen LogP contribution in [0, 0.1) is 6.92 Å². The molecular formula is C18H22ClN2O2+. The molecule has 0 bridgehead atoms. The summed E-state index contributed by atoms with van der Waals surface area (Å²) in [6.45, 7) is 3.09. The van der Waals surface area contributed by atoms with Crippen molar-refractivity contribution < 1.29 is 14.4 Å². The fourth-order valence-electron chi connectivity index (χ4n) is 2.30. The Labute approximate surface area is 142 Å². The van der Waals surface area contributed by atoms with Gasteiger partial charge in [0.05, 0.1) is 14.2 Å². The fourth-order valence-corrected chi connectivity index (χ4v) is 2.48. The molecule has 0 spiro atoms. The molecule has 5 heteroatoms. The van der Waals surface area contributed by atoms with Gasteiger partial charge < -0.3 is 15.0 Å². The van der Waals surface area contributed by atoms with Gasteiger partial charge in [-0.15, -0.1) is 0 Å². The molecule has 0 aliphatic heterocycles. The lowest BCUT2D eigenvalue weighted by molar-refractivity contribution is -0.885. The number of benzene rings is 2. The molecule has 0 radical (unpaired) electrons. The molecule has 0 aliphatic carbocycles. The predicted octanol–water partition coefficient (Wildman–Crippen LogP) is 2.31. The Bertz CT molecular complexity index is 671. The van der Waals surface area contributed by atoms with E-state index in [0.717, 1.165) is 34.0 Å². The Kier molecular flexibility index (Phi) is 6.02. The minimum atomic E-state index is -0.0315. The summed E-state index contributed by atoms with van der Waals surface area (Å²) < 4.78 is 5.14. The van der Waals surface area contributed by atoms with Crippen molar-refractivity contribution in [3.8, 4) is 5.75 Å². The second-order valence-electron chi connectivity index (χ2n) is 5.67. The first-order valence-electron chi connectivity index (χ1n) is 7.48. The summed E-state index contributed by atoms with van der Waals surface area (Å²) >= 11 is 6.07. The molecule has 1 amide bonds. The lowest BCUT2D eigenvalue weighted by Crippen LogP contribution is -3.08. The molecule has 0 aliphatic rings. The number of hydrogen-bond acceptors (Lipinski definition) is 2. The maximum Gasteiger partial charge on any atom is 0.279 e. The number of quaternary nitrogens is 1. The minimum absolute atomic E-state index is 0.0315. The Hall–Kier alpha value is -2.04. The van der Waals surface area contributed by atoms with E-state index >= 15 is 0 Å². The van der Waals surface area contributed by atoms with Crippen LogP contribution in [0.3, 0.4) is 0 Å². The van der Waals surface area contributed by atoms with E-state index in [4.69, 9.17) is 16.3 Å². The van der Waals surface area contributed by atoms with Gasteiger partial charge in [-0.05, 0) is 48.9 Å². The number of likely N-dealkylation sites (N-methyl/N-ethyl adjacent to an activating group) is 1. The van der Waals surface area contributed by atoms with Crippen LogP contribution in [0.5, 0.6) is 5.75 Å². The van der Waals surface area contributed by atoms with Crippen LogP contribution >= 0.6 is 11.6 Å². The molecule has 1 unspecified atom stereocenters. The predicted molar refractivity (Wildman–Crippen MR) is 93.3 cm³/mol. The molecule has 122 valence electrons. The second-order valence-corrected chi connectivity index (χ2v) is 6.08. The zero-order chi connectivity index (χ0) is 16.8. The number of rotatable bonds is 6. The van der Waals surface area contributed by atoms with Gasteiger partial charge in [-0.1, -0.05) is 17.7 Å². The van der Waals surface area contributed by atoms with Crippen molar-refractivity contribution in [2.45, 2.75) is 13.5 Å². The maximum atomic E-state index is 12.1. The van der Waals surface area contributed by atoms with E-state index in [1.165, 1.54) is 0 Å². The number of aryl methyl sites for hydroxylation is 1. The Balaban J connectivity index is 1.87. The van der Waals surface area contributed by atoms with Crippen LogP contribution in [0.2, 0.25) is 5.02 Å². The normalized spacial score (nSPS) is 11.8. The van der Waals surface area contributed by atoms with E-state index < -0.39 is 0 Å². The first-order chi connectivity index (χ1) is 11.0. The van der Waals surface area contributed by atoms with E-state index in [1.807, 2.05) is 50.4 Å². The highest BCUT2D eigenvalue weighted by atomic mass is 35.5. The van der Waals surface area contributed by atoms with E-state index in [-0.39, 0.29) is 5.91 Å². The monoisotopic (exact) mass is 333 g/mol. The number of anilines is 1. The Morgan fingerprint density at radius 2 is 1.91 bits per heavy atom. The van der Waals surface area contributed by atoms with Crippen molar-refractivity contribution in [1.29, 1.82) is 0 Å². The summed E-state index contributed by atoms with van der Waals surface area (Å²) in [5.74, 6) is 0.802. The zero-order valence-electron chi connectivity index (χ0n) is 13.7. The molecule has 1 atom stereocenters. The number of halogens is 1. The molecule has 23 heavy (non-hydrogen) atoms. The molecule has 0 fully saturated rings. The van der Waals surface area contributed by atoms with Gasteiger partial charge in [-0.2, -0.15) is 0 Å². The van der Waals surface area contributed by atoms with Gasteiger partial charge in [0, 0.05) is 16.3 Å². The van der Waals surface area contributed by atoms with Crippen LogP contribution < -0.4 is 15.0 Å². The standard InChI is InChI=1S/C18H21ClN2O2/c1-13-4-7-15(10-17(13)19)20-18(22)12-21(2)11-14-5-8-16(23-3)9-6-14/h4-10H,11-12H2,1-3H3,(H,20,22)/p+1. The van der Waals surface area contributed by atoms with E-state index in [1.54, 1.807) is 13.2 Å². The van der Waals surface area contributed by atoms with Crippen LogP contribution in [0.25, 0.3) is 0 Å². The Morgan fingerprint density at radius 3 is 2.52 bits per heavy atom. The summed E-state index contributed by atoms with van der Waals surface area (Å²) in [7, 11) is 3.64. The Morgan fingerprint density at radius 1 is 1.22 bits per heavy atom. The smallest absolute Gasteiger partial charge is 0.279 e. The number of ether oxygens (including phenoxy) is 1. The summed E-state index contributed by atoms with van der Waals surface area (Å²) in [5, 5.41) is 3.54. The summed E-state index contributed by atoms with van der Waals surface area (Å²) in [5.41, 5.74) is 2.88. The third kappa shape index (κ3) is 5.27. The lowest BCUT2D eigenvalue weighted by Gasteiger charge is -2.14. The maximum absolute atomic E-state index is 12.1. The third-order valence-electron chi connectivity index (χ3n) is 3.58. The molecule has 0 saturated carbocycles. The van der Waals surface area contributed by atoms with Crippen LogP contribution in [0.15, 0.2) is 42.5 Å². The van der Waals surface area contributed by atoms with Gasteiger partial charge in [-0.25, -0.2) is 0 Å². The van der Waals surface area contributed by atoms with Crippen molar-refractivity contribution >= 4 is 23.2 Å². The van der Waals surface area contributed by atoms with Crippen molar-refractivity contribution in [2.75, 3.05) is 26.0 Å². The van der Waals surface area contributed by atoms with Crippen molar-refractivity contribution in [2.24, 2.45) is 0 Å². The first-order valence-corrected chi connectivity index (χ1v) is 7.86. The number of methoxy groups -OCH3 is 1. The third-order valence-corrected chi connectivity index (χ3v) is 3.99. The van der Waals surface area contributed by atoms with Crippen LogP contribution in [0.4, 0.5) is 5.69 Å². The van der Waals surface area contributed by atoms with Crippen molar-refractivity contribution in [3.05, 3.63) is 58.6 Å². The highest BCUT2D eigenvalue weighted by molar-refractivity contribution is 6.31. The van der Waals surface area contributed by atoms with Crippen molar-refractivity contribution in [1.82, 2.24) is 0 Å². The van der Waals surface area contributed by atoms with Gasteiger partial charge >= 0.3 is 0 Å². The molecule has 2 rings (SSSR count). The van der Waals surface area contributed by atoms with Gasteiger partial charge in [-0.3, -0.25) is 4.79 Å². The molecule has 4 nitrogen and oxygen atoms in total. The van der Waals surface area contributed by atoms with Crippen LogP contribution in [0.1, 0.15) is 11.1 Å². The SMILES string of the molecule is COc1ccc(C[NH+](C)CC(=O)Nc2ccc(C)c(Cl)c2)cc1. The van der Waals surface area contributed by atoms with Gasteiger partial charge in [0.15, 0.2) is 6.54 Å². The van der Waals surface area contributed by atoms with Gasteiger partial charge in [0.25, 0.3) is 5.91 Å². The number of carbonyl (C=O) groups excluding carboxylic acids is 1. The first kappa shape index (κ1) is 17.3. The molecule has 0 saturated heterocycles. The highest BCUT2D eigenvalue weighted by Crippen LogP contribution is 2.19. The number of amides is 1. The fraction of sp³-hybridized carbons (Fsp3) is 0.278. The highest BCUT2D eigenvalue weighted by Gasteiger charge is 2.11. The second kappa shape index (κ2) is 7.99. The quantitative estimate of drug-likeness (QED) is 0.852. The molecule has 0 aromatic heterocycles. The average Bonchev–Trinajstić information content (AvgIpc) is 2.51. The van der Waals surface area contributed by atoms with Crippen molar-refractivity contribution in [3.63, 3.8) is 0 Å². The van der Waals surface area contributed by atoms with Crippen LogP contribution in [-0.2, 0) is 11.3 Å². The van der Waals surface area contributed by atoms with Gasteiger partial charge in [0.2, 0.25) is 0 Å². The van der Waals surface area contributed by atoms with E-state index in [0.29, 0.717) is 11.6 Å². The number of hydrogen-bond donors (Lipinski definition) is 2. The van der Waals surface area contributed by atoms with E-state index in [2.05, 4.69) is 5.32 Å². The largest absolute Gasteiger partial charge is 0.497 e. The molecular weight excluding hydrogens is 312 g/mol. The van der Waals surface area contributed by atoms with E-state index in [9.17, 15) is 4.79 Å². The molecule has 0 heterocycles. The van der Waals surface area contributed by atoms with Crippen LogP contribution in [-0.4, -0.2) is 26.6 Å². The molecule has 2 N–H and O–H groups in total. The minimum Gasteiger partial charge on any atom is -0.497 e.